The van der Waals surface area contributed by atoms with E-state index in [1.807, 2.05) is 0 Å². The van der Waals surface area contributed by atoms with Gasteiger partial charge in [-0.25, -0.2) is 8.78 Å². The molecule has 20 heavy (non-hydrogen) atoms. The van der Waals surface area contributed by atoms with E-state index in [-0.39, 0.29) is 22.7 Å². The quantitative estimate of drug-likeness (QED) is 0.404. The molecule has 0 heterocycles. The fourth-order valence-electron chi connectivity index (χ4n) is 1.65. The van der Waals surface area contributed by atoms with E-state index in [4.69, 9.17) is 5.73 Å². The highest BCUT2D eigenvalue weighted by molar-refractivity contribution is 7.98. The normalized spacial score (nSPS) is 10.5. The van der Waals surface area contributed by atoms with Crippen molar-refractivity contribution in [2.75, 3.05) is 5.73 Å². The van der Waals surface area contributed by atoms with Crippen LogP contribution < -0.4 is 5.73 Å². The predicted molar refractivity (Wildman–Crippen MR) is 73.4 cm³/mol. The Kier molecular flexibility index (Phi) is 4.19. The van der Waals surface area contributed by atoms with Crippen LogP contribution in [-0.2, 0) is 5.75 Å². The highest BCUT2D eigenvalue weighted by Gasteiger charge is 2.15. The number of anilines is 1. The van der Waals surface area contributed by atoms with E-state index in [1.165, 1.54) is 30.0 Å². The van der Waals surface area contributed by atoms with Gasteiger partial charge in [0.15, 0.2) is 0 Å². The fourth-order valence-corrected chi connectivity index (χ4v) is 2.59. The summed E-state index contributed by atoms with van der Waals surface area (Å²) in [5, 5.41) is 10.9. The molecular formula is C13H10F2N2O2S. The van der Waals surface area contributed by atoms with E-state index in [1.54, 1.807) is 0 Å². The van der Waals surface area contributed by atoms with Gasteiger partial charge < -0.3 is 5.73 Å². The highest BCUT2D eigenvalue weighted by atomic mass is 32.2. The summed E-state index contributed by atoms with van der Waals surface area (Å²) in [7, 11) is 0. The summed E-state index contributed by atoms with van der Waals surface area (Å²) in [6.45, 7) is 0. The van der Waals surface area contributed by atoms with Crippen molar-refractivity contribution in [1.29, 1.82) is 0 Å². The van der Waals surface area contributed by atoms with E-state index in [2.05, 4.69) is 0 Å². The number of benzene rings is 2. The van der Waals surface area contributed by atoms with Gasteiger partial charge in [0.1, 0.15) is 11.6 Å². The van der Waals surface area contributed by atoms with Gasteiger partial charge in [0.2, 0.25) is 0 Å². The summed E-state index contributed by atoms with van der Waals surface area (Å²) in [5.74, 6) is -0.828. The monoisotopic (exact) mass is 296 g/mol. The molecule has 0 unspecified atom stereocenters. The van der Waals surface area contributed by atoms with E-state index < -0.39 is 16.6 Å². The summed E-state index contributed by atoms with van der Waals surface area (Å²) in [6, 6.07) is 7.18. The number of hydrogen-bond donors (Lipinski definition) is 1. The van der Waals surface area contributed by atoms with Crippen molar-refractivity contribution < 1.29 is 13.7 Å². The molecule has 0 aliphatic heterocycles. The molecule has 4 nitrogen and oxygen atoms in total. The van der Waals surface area contributed by atoms with Crippen LogP contribution in [0.15, 0.2) is 41.3 Å². The fraction of sp³-hybridized carbons (Fsp3) is 0.0769. The molecule has 0 spiro atoms. The van der Waals surface area contributed by atoms with Gasteiger partial charge in [0.05, 0.1) is 4.92 Å². The SMILES string of the molecule is Nc1cc(F)ccc1SCc1cc(F)ccc1[N+](=O)[O-]. The number of thioether (sulfide) groups is 1. The molecule has 0 aliphatic rings. The van der Waals surface area contributed by atoms with Gasteiger partial charge in [-0.05, 0) is 30.3 Å². The first-order chi connectivity index (χ1) is 9.47. The summed E-state index contributed by atoms with van der Waals surface area (Å²) in [5.41, 5.74) is 5.99. The molecule has 7 heteroatoms. The second-order valence-corrected chi connectivity index (χ2v) is 5.02. The molecule has 0 bridgehead atoms. The van der Waals surface area contributed by atoms with Gasteiger partial charge in [-0.3, -0.25) is 10.1 Å². The standard InChI is InChI=1S/C13H10F2N2O2S/c14-9-1-3-12(17(18)19)8(5-9)7-20-13-4-2-10(15)6-11(13)16/h1-6H,7,16H2. The maximum absolute atomic E-state index is 13.2. The summed E-state index contributed by atoms with van der Waals surface area (Å²) < 4.78 is 26.1. The Balaban J connectivity index is 2.22. The third kappa shape index (κ3) is 3.24. The van der Waals surface area contributed by atoms with Crippen LogP contribution in [0.3, 0.4) is 0 Å². The van der Waals surface area contributed by atoms with Crippen LogP contribution in [0, 0.1) is 21.7 Å². The third-order valence-electron chi connectivity index (χ3n) is 2.59. The first-order valence-electron chi connectivity index (χ1n) is 5.58. The van der Waals surface area contributed by atoms with Crippen LogP contribution in [0.5, 0.6) is 0 Å². The van der Waals surface area contributed by atoms with Crippen LogP contribution in [0.2, 0.25) is 0 Å². The number of nitro groups is 1. The minimum atomic E-state index is -0.566. The Morgan fingerprint density at radius 1 is 1.15 bits per heavy atom. The zero-order valence-electron chi connectivity index (χ0n) is 10.2. The summed E-state index contributed by atoms with van der Waals surface area (Å²) in [6.07, 6.45) is 0. The molecular weight excluding hydrogens is 286 g/mol. The van der Waals surface area contributed by atoms with Gasteiger partial charge in [-0.1, -0.05) is 0 Å². The Morgan fingerprint density at radius 2 is 1.80 bits per heavy atom. The molecule has 0 aromatic heterocycles. The summed E-state index contributed by atoms with van der Waals surface area (Å²) >= 11 is 1.19. The number of nitro benzene ring substituents is 1. The average molecular weight is 296 g/mol. The first-order valence-corrected chi connectivity index (χ1v) is 6.56. The average Bonchev–Trinajstić information content (AvgIpc) is 2.37. The van der Waals surface area contributed by atoms with Crippen LogP contribution in [-0.4, -0.2) is 4.92 Å². The van der Waals surface area contributed by atoms with Crippen molar-refractivity contribution in [3.63, 3.8) is 0 Å². The van der Waals surface area contributed by atoms with Gasteiger partial charge >= 0.3 is 0 Å². The van der Waals surface area contributed by atoms with Crippen LogP contribution in [0.25, 0.3) is 0 Å². The van der Waals surface area contributed by atoms with Crippen molar-refractivity contribution in [1.82, 2.24) is 0 Å². The molecule has 2 aromatic carbocycles. The minimum absolute atomic E-state index is 0.153. The number of nitrogens with zero attached hydrogens (tertiary/aromatic N) is 1. The van der Waals surface area contributed by atoms with E-state index in [9.17, 15) is 18.9 Å². The molecule has 104 valence electrons. The second-order valence-electron chi connectivity index (χ2n) is 4.00. The molecule has 2 aromatic rings. The molecule has 0 radical (unpaired) electrons. The van der Waals surface area contributed by atoms with E-state index in [0.717, 1.165) is 18.2 Å². The molecule has 0 amide bonds. The van der Waals surface area contributed by atoms with Gasteiger partial charge in [-0.15, -0.1) is 11.8 Å². The Labute approximate surface area is 117 Å². The smallest absolute Gasteiger partial charge is 0.273 e. The Hall–Kier alpha value is -2.15. The van der Waals surface area contributed by atoms with E-state index in [0.29, 0.717) is 4.90 Å². The lowest BCUT2D eigenvalue weighted by Crippen LogP contribution is -1.96. The van der Waals surface area contributed by atoms with Crippen molar-refractivity contribution >= 4 is 23.1 Å². The number of halogens is 2. The third-order valence-corrected chi connectivity index (χ3v) is 3.73. The molecule has 2 rings (SSSR count). The number of hydrogen-bond acceptors (Lipinski definition) is 4. The lowest BCUT2D eigenvalue weighted by atomic mass is 10.2. The van der Waals surface area contributed by atoms with E-state index >= 15 is 0 Å². The number of rotatable bonds is 4. The number of nitrogens with two attached hydrogens (primary N) is 1. The van der Waals surface area contributed by atoms with Crippen LogP contribution >= 0.6 is 11.8 Å². The second kappa shape index (κ2) is 5.87. The Bertz CT molecular complexity index is 665. The van der Waals surface area contributed by atoms with Crippen LogP contribution in [0.1, 0.15) is 5.56 Å². The maximum Gasteiger partial charge on any atom is 0.273 e. The zero-order valence-corrected chi connectivity index (χ0v) is 11.0. The van der Waals surface area contributed by atoms with Gasteiger partial charge in [0, 0.05) is 28.0 Å². The largest absolute Gasteiger partial charge is 0.398 e. The highest BCUT2D eigenvalue weighted by Crippen LogP contribution is 2.31. The summed E-state index contributed by atoms with van der Waals surface area (Å²) in [4.78, 5) is 10.9. The first kappa shape index (κ1) is 14.3. The topological polar surface area (TPSA) is 69.2 Å². The Morgan fingerprint density at radius 3 is 2.45 bits per heavy atom. The van der Waals surface area contributed by atoms with Crippen molar-refractivity contribution in [3.8, 4) is 0 Å². The molecule has 0 atom stereocenters. The lowest BCUT2D eigenvalue weighted by molar-refractivity contribution is -0.385. The molecule has 0 aliphatic carbocycles. The molecule has 2 N–H and O–H groups in total. The van der Waals surface area contributed by atoms with Crippen LogP contribution in [0.4, 0.5) is 20.2 Å². The molecule has 0 saturated carbocycles. The van der Waals surface area contributed by atoms with Crippen molar-refractivity contribution in [2.45, 2.75) is 10.6 Å². The van der Waals surface area contributed by atoms with Gasteiger partial charge in [0.25, 0.3) is 5.69 Å². The van der Waals surface area contributed by atoms with Crippen molar-refractivity contribution in [2.24, 2.45) is 0 Å². The van der Waals surface area contributed by atoms with Crippen molar-refractivity contribution in [3.05, 3.63) is 63.7 Å². The molecule has 0 fully saturated rings. The minimum Gasteiger partial charge on any atom is -0.398 e. The predicted octanol–water partition coefficient (Wildman–Crippen LogP) is 3.75. The maximum atomic E-state index is 13.2. The molecule has 0 saturated heterocycles. The number of nitrogen functional groups attached to an aromatic ring is 1. The zero-order chi connectivity index (χ0) is 14.7. The van der Waals surface area contributed by atoms with Gasteiger partial charge in [-0.2, -0.15) is 0 Å². The lowest BCUT2D eigenvalue weighted by Gasteiger charge is -2.06.